The number of benzene rings is 1. The summed E-state index contributed by atoms with van der Waals surface area (Å²) in [6.07, 6.45) is 0. The third-order valence-corrected chi connectivity index (χ3v) is 3.65. The van der Waals surface area contributed by atoms with Gasteiger partial charge in [0.1, 0.15) is 11.6 Å². The Bertz CT molecular complexity index is 650. The molecule has 21 heavy (non-hydrogen) atoms. The maximum atomic E-state index is 5.43. The van der Waals surface area contributed by atoms with Gasteiger partial charge in [-0.05, 0) is 18.2 Å². The van der Waals surface area contributed by atoms with Crippen LogP contribution in [0.4, 0.5) is 5.82 Å². The van der Waals surface area contributed by atoms with Gasteiger partial charge in [0.15, 0.2) is 5.82 Å². The Morgan fingerprint density at radius 1 is 1.14 bits per heavy atom. The molecule has 0 fully saturated rings. The molecule has 0 atom stereocenters. The van der Waals surface area contributed by atoms with E-state index in [1.807, 2.05) is 31.3 Å². The fourth-order valence-electron chi connectivity index (χ4n) is 1.93. The summed E-state index contributed by atoms with van der Waals surface area (Å²) in [6, 6.07) is 7.80. The van der Waals surface area contributed by atoms with E-state index in [4.69, 9.17) is 9.72 Å². The smallest absolute Gasteiger partial charge is 0.165 e. The number of methoxy groups -OCH3 is 1. The van der Waals surface area contributed by atoms with Gasteiger partial charge in [-0.25, -0.2) is 9.97 Å². The molecule has 0 aliphatic heterocycles. The fourth-order valence-corrected chi connectivity index (χ4v) is 2.30. The SMILES string of the molecule is CNc1cc(C(C)(C)C)nc(-c2cc(Br)ccc2OC)n1. The lowest BCUT2D eigenvalue weighted by Crippen LogP contribution is -2.15. The van der Waals surface area contributed by atoms with E-state index < -0.39 is 0 Å². The predicted molar refractivity (Wildman–Crippen MR) is 90.0 cm³/mol. The van der Waals surface area contributed by atoms with E-state index in [1.165, 1.54) is 0 Å². The molecule has 0 spiro atoms. The molecule has 1 aromatic carbocycles. The van der Waals surface area contributed by atoms with Gasteiger partial charge in [-0.15, -0.1) is 0 Å². The van der Waals surface area contributed by atoms with E-state index in [0.717, 1.165) is 27.3 Å². The molecular weight excluding hydrogens is 330 g/mol. The summed E-state index contributed by atoms with van der Waals surface area (Å²) >= 11 is 3.49. The Kier molecular flexibility index (Phi) is 4.52. The Labute approximate surface area is 134 Å². The molecule has 2 rings (SSSR count). The van der Waals surface area contributed by atoms with Gasteiger partial charge in [0.25, 0.3) is 0 Å². The molecule has 2 aromatic rings. The topological polar surface area (TPSA) is 47.0 Å². The van der Waals surface area contributed by atoms with Gasteiger partial charge in [0, 0.05) is 23.0 Å². The zero-order valence-electron chi connectivity index (χ0n) is 13.0. The summed E-state index contributed by atoms with van der Waals surface area (Å²) in [7, 11) is 3.51. The highest BCUT2D eigenvalue weighted by atomic mass is 79.9. The first kappa shape index (κ1) is 15.8. The normalized spacial score (nSPS) is 11.3. The molecule has 0 radical (unpaired) electrons. The molecular formula is C16H20BrN3O. The van der Waals surface area contributed by atoms with E-state index in [-0.39, 0.29) is 5.41 Å². The Morgan fingerprint density at radius 3 is 2.43 bits per heavy atom. The zero-order valence-corrected chi connectivity index (χ0v) is 14.6. The third-order valence-electron chi connectivity index (χ3n) is 3.15. The van der Waals surface area contributed by atoms with Crippen LogP contribution in [0.1, 0.15) is 26.5 Å². The van der Waals surface area contributed by atoms with Crippen LogP contribution in [0.2, 0.25) is 0 Å². The van der Waals surface area contributed by atoms with Crippen LogP contribution in [0.15, 0.2) is 28.7 Å². The molecule has 0 aliphatic carbocycles. The van der Waals surface area contributed by atoms with Crippen molar-refractivity contribution in [3.8, 4) is 17.1 Å². The van der Waals surface area contributed by atoms with E-state index in [1.54, 1.807) is 7.11 Å². The molecule has 5 heteroatoms. The quantitative estimate of drug-likeness (QED) is 0.899. The van der Waals surface area contributed by atoms with E-state index in [2.05, 4.69) is 47.0 Å². The number of hydrogen-bond donors (Lipinski definition) is 1. The van der Waals surface area contributed by atoms with Crippen molar-refractivity contribution in [1.29, 1.82) is 0 Å². The number of anilines is 1. The predicted octanol–water partition coefficient (Wildman–Crippen LogP) is 4.25. The summed E-state index contributed by atoms with van der Waals surface area (Å²) in [6.45, 7) is 6.41. The average molecular weight is 350 g/mol. The van der Waals surface area contributed by atoms with E-state index in [0.29, 0.717) is 5.82 Å². The molecule has 4 nitrogen and oxygen atoms in total. The molecule has 0 saturated carbocycles. The van der Waals surface area contributed by atoms with Gasteiger partial charge in [-0.2, -0.15) is 0 Å². The van der Waals surface area contributed by atoms with Gasteiger partial charge in [-0.1, -0.05) is 36.7 Å². The van der Waals surface area contributed by atoms with Crippen LogP contribution in [-0.2, 0) is 5.41 Å². The van der Waals surface area contributed by atoms with E-state index >= 15 is 0 Å². The molecule has 1 heterocycles. The maximum absolute atomic E-state index is 5.43. The highest BCUT2D eigenvalue weighted by Crippen LogP contribution is 2.32. The standard InChI is InChI=1S/C16H20BrN3O/c1-16(2,3)13-9-14(18-4)20-15(19-13)11-8-10(17)6-7-12(11)21-5/h6-9H,1-5H3,(H,18,19,20). The lowest BCUT2D eigenvalue weighted by atomic mass is 9.91. The largest absolute Gasteiger partial charge is 0.496 e. The average Bonchev–Trinajstić information content (AvgIpc) is 2.45. The van der Waals surface area contributed by atoms with Crippen LogP contribution in [0, 0.1) is 0 Å². The van der Waals surface area contributed by atoms with Crippen molar-refractivity contribution in [1.82, 2.24) is 9.97 Å². The number of aromatic nitrogens is 2. The summed E-state index contributed by atoms with van der Waals surface area (Å²) in [4.78, 5) is 9.28. The lowest BCUT2D eigenvalue weighted by molar-refractivity contribution is 0.416. The summed E-state index contributed by atoms with van der Waals surface area (Å²) in [5, 5.41) is 3.10. The van der Waals surface area contributed by atoms with Crippen LogP contribution < -0.4 is 10.1 Å². The van der Waals surface area contributed by atoms with Crippen LogP contribution >= 0.6 is 15.9 Å². The molecule has 1 aromatic heterocycles. The number of halogens is 1. The fraction of sp³-hybridized carbons (Fsp3) is 0.375. The summed E-state index contributed by atoms with van der Waals surface area (Å²) < 4.78 is 6.40. The Balaban J connectivity index is 2.66. The number of hydrogen-bond acceptors (Lipinski definition) is 4. The second-order valence-electron chi connectivity index (χ2n) is 5.81. The molecule has 112 valence electrons. The van der Waals surface area contributed by atoms with Crippen molar-refractivity contribution in [2.45, 2.75) is 26.2 Å². The number of rotatable bonds is 3. The molecule has 1 N–H and O–H groups in total. The van der Waals surface area contributed by atoms with Crippen molar-refractivity contribution < 1.29 is 4.74 Å². The van der Waals surface area contributed by atoms with Crippen molar-refractivity contribution >= 4 is 21.7 Å². The molecule has 0 bridgehead atoms. The first-order valence-electron chi connectivity index (χ1n) is 6.76. The maximum Gasteiger partial charge on any atom is 0.165 e. The molecule has 0 amide bonds. The minimum absolute atomic E-state index is 0.0530. The lowest BCUT2D eigenvalue weighted by Gasteiger charge is -2.20. The van der Waals surface area contributed by atoms with E-state index in [9.17, 15) is 0 Å². The number of nitrogens with zero attached hydrogens (tertiary/aromatic N) is 2. The first-order valence-corrected chi connectivity index (χ1v) is 7.55. The second-order valence-corrected chi connectivity index (χ2v) is 6.72. The molecule has 0 aliphatic rings. The Morgan fingerprint density at radius 2 is 1.86 bits per heavy atom. The highest BCUT2D eigenvalue weighted by Gasteiger charge is 2.19. The van der Waals surface area contributed by atoms with Gasteiger partial charge in [0.05, 0.1) is 18.4 Å². The second kappa shape index (κ2) is 6.02. The molecule has 0 unspecified atom stereocenters. The zero-order chi connectivity index (χ0) is 15.6. The van der Waals surface area contributed by atoms with Gasteiger partial charge >= 0.3 is 0 Å². The van der Waals surface area contributed by atoms with Crippen LogP contribution in [0.25, 0.3) is 11.4 Å². The Hall–Kier alpha value is -1.62. The van der Waals surface area contributed by atoms with Crippen LogP contribution in [-0.4, -0.2) is 24.1 Å². The highest BCUT2D eigenvalue weighted by molar-refractivity contribution is 9.10. The first-order chi connectivity index (χ1) is 9.85. The van der Waals surface area contributed by atoms with Crippen molar-refractivity contribution in [3.05, 3.63) is 34.4 Å². The summed E-state index contributed by atoms with van der Waals surface area (Å²) in [5.74, 6) is 2.21. The number of nitrogens with one attached hydrogen (secondary N) is 1. The van der Waals surface area contributed by atoms with Gasteiger partial charge in [-0.3, -0.25) is 0 Å². The minimum atomic E-state index is -0.0530. The third kappa shape index (κ3) is 3.53. The van der Waals surface area contributed by atoms with Gasteiger partial charge < -0.3 is 10.1 Å². The molecule has 0 saturated heterocycles. The minimum Gasteiger partial charge on any atom is -0.496 e. The van der Waals surface area contributed by atoms with Crippen molar-refractivity contribution in [2.75, 3.05) is 19.5 Å². The van der Waals surface area contributed by atoms with Gasteiger partial charge in [0.2, 0.25) is 0 Å². The van der Waals surface area contributed by atoms with Crippen molar-refractivity contribution in [3.63, 3.8) is 0 Å². The van der Waals surface area contributed by atoms with Crippen LogP contribution in [0.5, 0.6) is 5.75 Å². The van der Waals surface area contributed by atoms with Crippen LogP contribution in [0.3, 0.4) is 0 Å². The van der Waals surface area contributed by atoms with Crippen molar-refractivity contribution in [2.24, 2.45) is 0 Å². The number of ether oxygens (including phenoxy) is 1. The monoisotopic (exact) mass is 349 g/mol. The summed E-state index contributed by atoms with van der Waals surface area (Å²) in [5.41, 5.74) is 1.80.